The lowest BCUT2D eigenvalue weighted by Gasteiger charge is -2.06. The van der Waals surface area contributed by atoms with E-state index in [4.69, 9.17) is 4.52 Å². The van der Waals surface area contributed by atoms with Crippen LogP contribution < -0.4 is 0 Å². The molecule has 102 valence electrons. The molecule has 0 bridgehead atoms. The normalized spacial score (nSPS) is 11.1. The molecular formula is C13H12N4O3. The zero-order valence-corrected chi connectivity index (χ0v) is 10.8. The van der Waals surface area contributed by atoms with Gasteiger partial charge < -0.3 is 14.2 Å². The van der Waals surface area contributed by atoms with Crippen LogP contribution in [0, 0.1) is 6.92 Å². The Balaban J connectivity index is 2.04. The van der Waals surface area contributed by atoms with Gasteiger partial charge in [-0.15, -0.1) is 0 Å². The van der Waals surface area contributed by atoms with Crippen molar-refractivity contribution in [2.45, 2.75) is 19.9 Å². The van der Waals surface area contributed by atoms with E-state index < -0.39 is 5.97 Å². The number of fused-ring (bicyclic) bond motifs is 1. The van der Waals surface area contributed by atoms with E-state index in [1.165, 1.54) is 6.33 Å². The summed E-state index contributed by atoms with van der Waals surface area (Å²) in [5, 5.41) is 12.8. The summed E-state index contributed by atoms with van der Waals surface area (Å²) in [6.07, 6.45) is 1.87. The van der Waals surface area contributed by atoms with Crippen molar-refractivity contribution in [1.82, 2.24) is 19.7 Å². The highest BCUT2D eigenvalue weighted by Crippen LogP contribution is 2.21. The molecule has 7 nitrogen and oxygen atoms in total. The summed E-state index contributed by atoms with van der Waals surface area (Å²) in [5.74, 6) is 0.307. The van der Waals surface area contributed by atoms with Gasteiger partial charge in [-0.1, -0.05) is 11.2 Å². The van der Waals surface area contributed by atoms with E-state index in [2.05, 4.69) is 15.1 Å². The molecule has 0 amide bonds. The summed E-state index contributed by atoms with van der Waals surface area (Å²) in [5.41, 5.74) is 1.54. The van der Waals surface area contributed by atoms with E-state index in [1.807, 2.05) is 11.5 Å². The van der Waals surface area contributed by atoms with Crippen molar-refractivity contribution in [2.75, 3.05) is 0 Å². The Morgan fingerprint density at radius 1 is 1.45 bits per heavy atom. The molecule has 3 aromatic rings. The van der Waals surface area contributed by atoms with Crippen molar-refractivity contribution in [3.05, 3.63) is 41.8 Å². The Morgan fingerprint density at radius 2 is 2.30 bits per heavy atom. The van der Waals surface area contributed by atoms with Crippen LogP contribution in [0.1, 0.15) is 22.1 Å². The molecular weight excluding hydrogens is 260 g/mol. The molecule has 0 radical (unpaired) electrons. The lowest BCUT2D eigenvalue weighted by Crippen LogP contribution is -2.07. The van der Waals surface area contributed by atoms with Crippen LogP contribution in [0.25, 0.3) is 11.0 Å². The first kappa shape index (κ1) is 12.3. The van der Waals surface area contributed by atoms with E-state index >= 15 is 0 Å². The van der Waals surface area contributed by atoms with Crippen molar-refractivity contribution >= 4 is 17.0 Å². The number of aromatic nitrogens is 4. The highest BCUT2D eigenvalue weighted by molar-refractivity contribution is 6.01. The fourth-order valence-electron chi connectivity index (χ4n) is 2.26. The lowest BCUT2D eigenvalue weighted by atomic mass is 10.2. The molecule has 0 spiro atoms. The smallest absolute Gasteiger partial charge is 0.337 e. The van der Waals surface area contributed by atoms with Gasteiger partial charge in [0.2, 0.25) is 5.89 Å². The minimum Gasteiger partial charge on any atom is -0.478 e. The molecule has 0 saturated carbocycles. The molecule has 0 fully saturated rings. The SMILES string of the molecule is Cc1nc2cccc(C(=O)O)c2n1CCc1ncno1. The first-order valence-corrected chi connectivity index (χ1v) is 6.11. The molecule has 1 aromatic carbocycles. The summed E-state index contributed by atoms with van der Waals surface area (Å²) in [6.45, 7) is 2.38. The molecule has 0 aliphatic carbocycles. The summed E-state index contributed by atoms with van der Waals surface area (Å²) in [4.78, 5) is 19.7. The molecule has 1 N–H and O–H groups in total. The van der Waals surface area contributed by atoms with Gasteiger partial charge in [0, 0.05) is 13.0 Å². The Hall–Kier alpha value is -2.70. The average Bonchev–Trinajstić information content (AvgIpc) is 3.02. The zero-order valence-electron chi connectivity index (χ0n) is 10.8. The van der Waals surface area contributed by atoms with Crippen molar-refractivity contribution in [3.8, 4) is 0 Å². The number of imidazole rings is 1. The second-order valence-corrected chi connectivity index (χ2v) is 4.37. The molecule has 0 saturated heterocycles. The fraction of sp³-hybridized carbons (Fsp3) is 0.231. The molecule has 2 aromatic heterocycles. The maximum Gasteiger partial charge on any atom is 0.337 e. The molecule has 0 unspecified atom stereocenters. The van der Waals surface area contributed by atoms with E-state index in [9.17, 15) is 9.90 Å². The number of rotatable bonds is 4. The van der Waals surface area contributed by atoms with Crippen LogP contribution in [-0.4, -0.2) is 30.8 Å². The van der Waals surface area contributed by atoms with Crippen LogP contribution in [0.5, 0.6) is 0 Å². The number of hydrogen-bond donors (Lipinski definition) is 1. The highest BCUT2D eigenvalue weighted by Gasteiger charge is 2.16. The predicted molar refractivity (Wildman–Crippen MR) is 69.4 cm³/mol. The third kappa shape index (κ3) is 2.03. The second kappa shape index (κ2) is 4.76. The maximum absolute atomic E-state index is 11.3. The Morgan fingerprint density at radius 3 is 3.00 bits per heavy atom. The van der Waals surface area contributed by atoms with Crippen molar-refractivity contribution < 1.29 is 14.4 Å². The largest absolute Gasteiger partial charge is 0.478 e. The monoisotopic (exact) mass is 272 g/mol. The van der Waals surface area contributed by atoms with Crippen LogP contribution in [0.4, 0.5) is 0 Å². The number of carbonyl (C=O) groups is 1. The number of benzene rings is 1. The molecule has 3 rings (SSSR count). The van der Waals surface area contributed by atoms with Crippen molar-refractivity contribution in [2.24, 2.45) is 0 Å². The Bertz CT molecular complexity index is 761. The van der Waals surface area contributed by atoms with Gasteiger partial charge in [0.05, 0.1) is 16.6 Å². The van der Waals surface area contributed by atoms with Gasteiger partial charge in [-0.2, -0.15) is 4.98 Å². The van der Waals surface area contributed by atoms with E-state index in [-0.39, 0.29) is 5.56 Å². The summed E-state index contributed by atoms with van der Waals surface area (Å²) in [6, 6.07) is 5.08. The second-order valence-electron chi connectivity index (χ2n) is 4.37. The van der Waals surface area contributed by atoms with E-state index in [1.54, 1.807) is 18.2 Å². The van der Waals surface area contributed by atoms with Crippen molar-refractivity contribution in [3.63, 3.8) is 0 Å². The van der Waals surface area contributed by atoms with Gasteiger partial charge in [0.25, 0.3) is 0 Å². The molecule has 0 aliphatic rings. The van der Waals surface area contributed by atoms with Crippen LogP contribution in [0.2, 0.25) is 0 Å². The number of carboxylic acids is 1. The van der Waals surface area contributed by atoms with Crippen LogP contribution in [0.3, 0.4) is 0 Å². The fourth-order valence-corrected chi connectivity index (χ4v) is 2.26. The lowest BCUT2D eigenvalue weighted by molar-refractivity contribution is 0.0698. The predicted octanol–water partition coefficient (Wildman–Crippen LogP) is 1.67. The van der Waals surface area contributed by atoms with Crippen LogP contribution >= 0.6 is 0 Å². The third-order valence-electron chi connectivity index (χ3n) is 3.14. The zero-order chi connectivity index (χ0) is 14.1. The number of aryl methyl sites for hydroxylation is 3. The minimum absolute atomic E-state index is 0.244. The van der Waals surface area contributed by atoms with Gasteiger partial charge in [-0.3, -0.25) is 0 Å². The molecule has 7 heteroatoms. The third-order valence-corrected chi connectivity index (χ3v) is 3.14. The highest BCUT2D eigenvalue weighted by atomic mass is 16.5. The summed E-state index contributed by atoms with van der Waals surface area (Å²) >= 11 is 0. The van der Waals surface area contributed by atoms with Crippen LogP contribution in [0.15, 0.2) is 29.0 Å². The topological polar surface area (TPSA) is 94.0 Å². The number of carboxylic acid groups (broad SMARTS) is 1. The number of nitrogens with zero attached hydrogens (tertiary/aromatic N) is 4. The van der Waals surface area contributed by atoms with Gasteiger partial charge >= 0.3 is 5.97 Å². The molecule has 0 aliphatic heterocycles. The van der Waals surface area contributed by atoms with Gasteiger partial charge in [0.1, 0.15) is 5.82 Å². The quantitative estimate of drug-likeness (QED) is 0.776. The number of aromatic carboxylic acids is 1. The first-order valence-electron chi connectivity index (χ1n) is 6.11. The standard InChI is InChI=1S/C13H12N4O3/c1-8-16-10-4-2-3-9(13(18)19)12(10)17(8)6-5-11-14-7-15-20-11/h2-4,7H,5-6H2,1H3,(H,18,19). The van der Waals surface area contributed by atoms with Gasteiger partial charge in [-0.05, 0) is 19.1 Å². The molecule has 2 heterocycles. The first-order chi connectivity index (χ1) is 9.66. The van der Waals surface area contributed by atoms with E-state index in [0.29, 0.717) is 29.9 Å². The van der Waals surface area contributed by atoms with Gasteiger partial charge in [-0.25, -0.2) is 9.78 Å². The van der Waals surface area contributed by atoms with Crippen LogP contribution in [-0.2, 0) is 13.0 Å². The Kier molecular flexibility index (Phi) is 2.94. The Labute approximate surface area is 113 Å². The average molecular weight is 272 g/mol. The molecule has 20 heavy (non-hydrogen) atoms. The van der Waals surface area contributed by atoms with E-state index in [0.717, 1.165) is 5.82 Å². The summed E-state index contributed by atoms with van der Waals surface area (Å²) in [7, 11) is 0. The maximum atomic E-state index is 11.3. The number of hydrogen-bond acceptors (Lipinski definition) is 5. The van der Waals surface area contributed by atoms with Crippen molar-refractivity contribution in [1.29, 1.82) is 0 Å². The summed E-state index contributed by atoms with van der Waals surface area (Å²) < 4.78 is 6.81. The minimum atomic E-state index is -0.963. The van der Waals surface area contributed by atoms with Gasteiger partial charge in [0.15, 0.2) is 6.33 Å². The number of para-hydroxylation sites is 1. The molecule has 0 atom stereocenters.